The Balaban J connectivity index is 3.31. The summed E-state index contributed by atoms with van der Waals surface area (Å²) in [5, 5.41) is 8.52. The van der Waals surface area contributed by atoms with E-state index in [1.165, 1.54) is 0 Å². The largest absolute Gasteiger partial charge is 0.481 e. The molecule has 3 heteroatoms. The van der Waals surface area contributed by atoms with Crippen LogP contribution in [0.4, 0.5) is 0 Å². The molecule has 3 N–H and O–H groups in total. The van der Waals surface area contributed by atoms with Crippen LogP contribution in [0.5, 0.6) is 0 Å². The van der Waals surface area contributed by atoms with Crippen molar-refractivity contribution in [2.45, 2.75) is 39.2 Å². The number of rotatable bonds is 5. The van der Waals surface area contributed by atoms with Gasteiger partial charge in [0.15, 0.2) is 0 Å². The van der Waals surface area contributed by atoms with Crippen molar-refractivity contribution in [3.63, 3.8) is 0 Å². The lowest BCUT2D eigenvalue weighted by molar-refractivity contribution is -0.141. The number of carboxylic acid groups (broad SMARTS) is 1. The molecule has 0 amide bonds. The minimum atomic E-state index is -0.713. The second kappa shape index (κ2) is 5.13. The fraction of sp³-hybridized carbons (Fsp3) is 0.875. The molecule has 0 fully saturated rings. The molecule has 0 unspecified atom stereocenters. The molecule has 0 aliphatic rings. The Morgan fingerprint density at radius 1 is 1.45 bits per heavy atom. The van der Waals surface area contributed by atoms with Crippen molar-refractivity contribution in [3.8, 4) is 0 Å². The van der Waals surface area contributed by atoms with E-state index in [2.05, 4.69) is 0 Å². The van der Waals surface area contributed by atoms with Crippen LogP contribution in [0.3, 0.4) is 0 Å². The van der Waals surface area contributed by atoms with Crippen molar-refractivity contribution in [3.05, 3.63) is 0 Å². The Labute approximate surface area is 67.6 Å². The number of nitrogens with two attached hydrogens (primary N) is 1. The molecule has 0 bridgehead atoms. The van der Waals surface area contributed by atoms with Crippen LogP contribution in [0, 0.1) is 5.92 Å². The van der Waals surface area contributed by atoms with Gasteiger partial charge in [-0.05, 0) is 19.8 Å². The van der Waals surface area contributed by atoms with E-state index in [0.717, 1.165) is 19.3 Å². The summed E-state index contributed by atoms with van der Waals surface area (Å²) in [6, 6.07) is 0.191. The number of carbonyl (C=O) groups is 1. The van der Waals surface area contributed by atoms with Crippen LogP contribution in [-0.4, -0.2) is 17.1 Å². The summed E-state index contributed by atoms with van der Waals surface area (Å²) in [6.45, 7) is 3.66. The molecule has 0 aliphatic carbocycles. The molecule has 0 aromatic heterocycles. The molecule has 0 aromatic rings. The first kappa shape index (κ1) is 10.4. The van der Waals surface area contributed by atoms with E-state index in [-0.39, 0.29) is 12.0 Å². The number of carboxylic acids is 1. The summed E-state index contributed by atoms with van der Waals surface area (Å²) in [5.74, 6) is -0.941. The highest BCUT2D eigenvalue weighted by molar-refractivity contribution is 5.69. The van der Waals surface area contributed by atoms with E-state index in [1.807, 2.05) is 6.92 Å². The summed E-state index contributed by atoms with van der Waals surface area (Å²) in [5.41, 5.74) is 5.51. The minimum absolute atomic E-state index is 0.191. The van der Waals surface area contributed by atoms with Gasteiger partial charge >= 0.3 is 5.97 Å². The van der Waals surface area contributed by atoms with E-state index >= 15 is 0 Å². The molecule has 3 nitrogen and oxygen atoms in total. The van der Waals surface area contributed by atoms with Crippen LogP contribution >= 0.6 is 0 Å². The zero-order chi connectivity index (χ0) is 8.85. The Morgan fingerprint density at radius 3 is 2.36 bits per heavy atom. The summed E-state index contributed by atoms with van der Waals surface area (Å²) in [6.07, 6.45) is 2.56. The Hall–Kier alpha value is -0.570. The van der Waals surface area contributed by atoms with E-state index in [1.54, 1.807) is 6.92 Å². The van der Waals surface area contributed by atoms with Crippen molar-refractivity contribution >= 4 is 5.97 Å². The number of hydrogen-bond acceptors (Lipinski definition) is 2. The van der Waals surface area contributed by atoms with Crippen molar-refractivity contribution in [2.24, 2.45) is 11.7 Å². The third-order valence-electron chi connectivity index (χ3n) is 1.72. The fourth-order valence-electron chi connectivity index (χ4n) is 0.869. The topological polar surface area (TPSA) is 63.3 Å². The molecular weight excluding hydrogens is 142 g/mol. The zero-order valence-corrected chi connectivity index (χ0v) is 7.21. The van der Waals surface area contributed by atoms with E-state index < -0.39 is 5.97 Å². The molecule has 0 rings (SSSR count). The van der Waals surface area contributed by atoms with Gasteiger partial charge < -0.3 is 10.8 Å². The van der Waals surface area contributed by atoms with Gasteiger partial charge in [-0.15, -0.1) is 0 Å². The number of aliphatic carboxylic acids is 1. The van der Waals surface area contributed by atoms with Crippen molar-refractivity contribution in [1.82, 2.24) is 0 Å². The first-order valence-corrected chi connectivity index (χ1v) is 4.02. The average molecular weight is 159 g/mol. The lowest BCUT2D eigenvalue weighted by Crippen LogP contribution is -2.16. The molecule has 0 saturated heterocycles. The molecule has 0 radical (unpaired) electrons. The van der Waals surface area contributed by atoms with Gasteiger partial charge in [-0.25, -0.2) is 0 Å². The first-order chi connectivity index (χ1) is 5.04. The molecule has 0 heterocycles. The highest BCUT2D eigenvalue weighted by Crippen LogP contribution is 2.08. The van der Waals surface area contributed by atoms with Crippen LogP contribution in [-0.2, 0) is 4.79 Å². The SMILES string of the molecule is C[C@H](N)CCC[C@H](C)C(=O)O. The fourth-order valence-corrected chi connectivity index (χ4v) is 0.869. The Morgan fingerprint density at radius 2 is 2.00 bits per heavy atom. The maximum atomic E-state index is 10.3. The van der Waals surface area contributed by atoms with Crippen LogP contribution in [0.1, 0.15) is 33.1 Å². The maximum Gasteiger partial charge on any atom is 0.306 e. The third kappa shape index (κ3) is 5.85. The number of hydrogen-bond donors (Lipinski definition) is 2. The van der Waals surface area contributed by atoms with Gasteiger partial charge in [-0.2, -0.15) is 0 Å². The van der Waals surface area contributed by atoms with Gasteiger partial charge in [0.05, 0.1) is 5.92 Å². The van der Waals surface area contributed by atoms with E-state index in [4.69, 9.17) is 10.8 Å². The first-order valence-electron chi connectivity index (χ1n) is 4.02. The van der Waals surface area contributed by atoms with Crippen LogP contribution in [0.15, 0.2) is 0 Å². The quantitative estimate of drug-likeness (QED) is 0.634. The second-order valence-corrected chi connectivity index (χ2v) is 3.15. The highest BCUT2D eigenvalue weighted by Gasteiger charge is 2.09. The zero-order valence-electron chi connectivity index (χ0n) is 7.21. The molecular formula is C8H17NO2. The highest BCUT2D eigenvalue weighted by atomic mass is 16.4. The van der Waals surface area contributed by atoms with Gasteiger partial charge in [0.25, 0.3) is 0 Å². The predicted molar refractivity (Wildman–Crippen MR) is 44.3 cm³/mol. The van der Waals surface area contributed by atoms with Gasteiger partial charge in [-0.1, -0.05) is 13.3 Å². The second-order valence-electron chi connectivity index (χ2n) is 3.15. The van der Waals surface area contributed by atoms with Crippen molar-refractivity contribution in [2.75, 3.05) is 0 Å². The predicted octanol–water partition coefficient (Wildman–Crippen LogP) is 1.22. The monoisotopic (exact) mass is 159 g/mol. The molecule has 2 atom stereocenters. The van der Waals surface area contributed by atoms with Crippen molar-refractivity contribution in [1.29, 1.82) is 0 Å². The Kier molecular flexibility index (Phi) is 4.86. The summed E-state index contributed by atoms with van der Waals surface area (Å²) in [7, 11) is 0. The molecule has 11 heavy (non-hydrogen) atoms. The van der Waals surface area contributed by atoms with Crippen LogP contribution in [0.25, 0.3) is 0 Å². The lowest BCUT2D eigenvalue weighted by Gasteiger charge is -2.06. The van der Waals surface area contributed by atoms with Gasteiger partial charge in [0, 0.05) is 6.04 Å². The third-order valence-corrected chi connectivity index (χ3v) is 1.72. The van der Waals surface area contributed by atoms with E-state index in [0.29, 0.717) is 0 Å². The smallest absolute Gasteiger partial charge is 0.306 e. The molecule has 0 spiro atoms. The normalized spacial score (nSPS) is 15.9. The Bertz CT molecular complexity index is 123. The van der Waals surface area contributed by atoms with Crippen LogP contribution < -0.4 is 5.73 Å². The summed E-state index contributed by atoms with van der Waals surface area (Å²) in [4.78, 5) is 10.3. The maximum absolute atomic E-state index is 10.3. The molecule has 0 aliphatic heterocycles. The average Bonchev–Trinajstić information content (AvgIpc) is 1.86. The molecule has 0 saturated carbocycles. The standard InChI is InChI=1S/C8H17NO2/c1-6(8(10)11)4-3-5-7(2)9/h6-7H,3-5,9H2,1-2H3,(H,10,11)/t6-,7-/m0/s1. The van der Waals surface area contributed by atoms with Gasteiger partial charge in [-0.3, -0.25) is 4.79 Å². The van der Waals surface area contributed by atoms with Gasteiger partial charge in [0.2, 0.25) is 0 Å². The van der Waals surface area contributed by atoms with E-state index in [9.17, 15) is 4.79 Å². The molecule has 66 valence electrons. The van der Waals surface area contributed by atoms with Crippen LogP contribution in [0.2, 0.25) is 0 Å². The minimum Gasteiger partial charge on any atom is -0.481 e. The summed E-state index contributed by atoms with van der Waals surface area (Å²) >= 11 is 0. The molecule has 0 aromatic carbocycles. The summed E-state index contributed by atoms with van der Waals surface area (Å²) < 4.78 is 0. The lowest BCUT2D eigenvalue weighted by atomic mass is 10.0. The van der Waals surface area contributed by atoms with Gasteiger partial charge in [0.1, 0.15) is 0 Å². The van der Waals surface area contributed by atoms with Crippen molar-refractivity contribution < 1.29 is 9.90 Å².